The number of hydrogen-bond donors (Lipinski definition) is 1. The number of aliphatic hydroxyl groups is 1. The minimum Gasteiger partial charge on any atom is -0.389 e. The highest BCUT2D eigenvalue weighted by Crippen LogP contribution is 2.40. The van der Waals surface area contributed by atoms with Crippen molar-refractivity contribution >= 4 is 21.6 Å². The summed E-state index contributed by atoms with van der Waals surface area (Å²) in [5.74, 6) is 0. The second-order valence-corrected chi connectivity index (χ2v) is 6.99. The van der Waals surface area contributed by atoms with Crippen LogP contribution in [0.25, 0.3) is 0 Å². The molecule has 0 radical (unpaired) electrons. The predicted molar refractivity (Wildman–Crippen MR) is 89.2 cm³/mol. The smallest absolute Gasteiger partial charge is 0.0782 e. The minimum atomic E-state index is -0.425. The Hall–Kier alpha value is -0.540. The highest BCUT2D eigenvalue weighted by molar-refractivity contribution is 9.10. The zero-order valence-electron chi connectivity index (χ0n) is 12.8. The molecule has 2 rings (SSSR count). The van der Waals surface area contributed by atoms with E-state index in [4.69, 9.17) is 0 Å². The van der Waals surface area contributed by atoms with E-state index in [1.807, 2.05) is 13.0 Å². The summed E-state index contributed by atoms with van der Waals surface area (Å²) in [6, 6.07) is 6.25. The van der Waals surface area contributed by atoms with Gasteiger partial charge in [0.25, 0.3) is 0 Å². The van der Waals surface area contributed by atoms with Crippen molar-refractivity contribution in [3.63, 3.8) is 0 Å². The summed E-state index contributed by atoms with van der Waals surface area (Å²) in [5.41, 5.74) is 2.76. The molecule has 1 aromatic rings. The van der Waals surface area contributed by atoms with Gasteiger partial charge in [-0.2, -0.15) is 0 Å². The van der Waals surface area contributed by atoms with Gasteiger partial charge in [0.2, 0.25) is 0 Å². The maximum atomic E-state index is 10.0. The van der Waals surface area contributed by atoms with Gasteiger partial charge in [0.1, 0.15) is 0 Å². The zero-order chi connectivity index (χ0) is 14.8. The Morgan fingerprint density at radius 3 is 2.35 bits per heavy atom. The Labute approximate surface area is 131 Å². The van der Waals surface area contributed by atoms with Crippen molar-refractivity contribution in [2.45, 2.75) is 52.6 Å². The van der Waals surface area contributed by atoms with Crippen LogP contribution in [0.5, 0.6) is 0 Å². The maximum absolute atomic E-state index is 10.0. The van der Waals surface area contributed by atoms with Crippen molar-refractivity contribution in [1.82, 2.24) is 0 Å². The number of nitrogens with zero attached hydrogens (tertiary/aromatic N) is 1. The van der Waals surface area contributed by atoms with E-state index in [1.54, 1.807) is 0 Å². The van der Waals surface area contributed by atoms with E-state index in [0.29, 0.717) is 5.41 Å². The Morgan fingerprint density at radius 1 is 1.25 bits per heavy atom. The third-order valence-electron chi connectivity index (χ3n) is 5.10. The summed E-state index contributed by atoms with van der Waals surface area (Å²) in [4.78, 5) is 2.44. The second-order valence-electron chi connectivity index (χ2n) is 6.07. The van der Waals surface area contributed by atoms with E-state index in [-0.39, 0.29) is 0 Å². The molecule has 1 atom stereocenters. The van der Waals surface area contributed by atoms with Gasteiger partial charge in [-0.3, -0.25) is 0 Å². The highest BCUT2D eigenvalue weighted by atomic mass is 79.9. The Morgan fingerprint density at radius 2 is 1.85 bits per heavy atom. The summed E-state index contributed by atoms with van der Waals surface area (Å²) in [6.07, 6.45) is 4.65. The van der Waals surface area contributed by atoms with E-state index in [0.717, 1.165) is 23.1 Å². The van der Waals surface area contributed by atoms with E-state index in [9.17, 15) is 5.11 Å². The SMILES string of the molecule is CCC1(CC)CCN(c2ccc(Br)cc2C(C)O)CC1. The van der Waals surface area contributed by atoms with Crippen LogP contribution in [-0.4, -0.2) is 18.2 Å². The molecule has 1 aliphatic heterocycles. The number of benzene rings is 1. The molecule has 1 aromatic carbocycles. The second kappa shape index (κ2) is 6.48. The van der Waals surface area contributed by atoms with Crippen LogP contribution in [0.15, 0.2) is 22.7 Å². The number of rotatable bonds is 4. The standard InChI is InChI=1S/C17H26BrNO/c1-4-17(5-2)8-10-19(11-9-17)16-7-6-14(18)12-15(16)13(3)20/h6-7,12-13,20H,4-5,8-11H2,1-3H3. The van der Waals surface area contributed by atoms with Gasteiger partial charge < -0.3 is 10.0 Å². The molecule has 0 amide bonds. The van der Waals surface area contributed by atoms with Crippen LogP contribution in [0.4, 0.5) is 5.69 Å². The summed E-state index contributed by atoms with van der Waals surface area (Å²) >= 11 is 3.50. The lowest BCUT2D eigenvalue weighted by molar-refractivity contribution is 0.193. The van der Waals surface area contributed by atoms with Gasteiger partial charge in [-0.15, -0.1) is 0 Å². The number of aliphatic hydroxyl groups excluding tert-OH is 1. The largest absolute Gasteiger partial charge is 0.389 e. The fourth-order valence-corrected chi connectivity index (χ4v) is 3.71. The first kappa shape index (κ1) is 15.8. The topological polar surface area (TPSA) is 23.5 Å². The summed E-state index contributed by atoms with van der Waals surface area (Å²) in [7, 11) is 0. The molecule has 0 bridgehead atoms. The first-order chi connectivity index (χ1) is 9.51. The summed E-state index contributed by atoms with van der Waals surface area (Å²) < 4.78 is 1.03. The molecule has 0 aromatic heterocycles. The molecule has 3 heteroatoms. The molecule has 1 aliphatic rings. The highest BCUT2D eigenvalue weighted by Gasteiger charge is 2.32. The third kappa shape index (κ3) is 3.20. The Kier molecular flexibility index (Phi) is 5.14. The van der Waals surface area contributed by atoms with Gasteiger partial charge in [-0.25, -0.2) is 0 Å². The number of halogens is 1. The number of anilines is 1. The van der Waals surface area contributed by atoms with Crippen LogP contribution < -0.4 is 4.90 Å². The van der Waals surface area contributed by atoms with Crippen molar-refractivity contribution in [2.24, 2.45) is 5.41 Å². The van der Waals surface area contributed by atoms with Gasteiger partial charge in [0.15, 0.2) is 0 Å². The molecule has 0 aliphatic carbocycles. The zero-order valence-corrected chi connectivity index (χ0v) is 14.4. The number of piperidine rings is 1. The van der Waals surface area contributed by atoms with Crippen molar-refractivity contribution in [3.05, 3.63) is 28.2 Å². The fourth-order valence-electron chi connectivity index (χ4n) is 3.33. The molecule has 0 saturated carbocycles. The fraction of sp³-hybridized carbons (Fsp3) is 0.647. The summed E-state index contributed by atoms with van der Waals surface area (Å²) in [5, 5.41) is 10.0. The normalized spacial score (nSPS) is 19.9. The Bertz CT molecular complexity index is 444. The monoisotopic (exact) mass is 339 g/mol. The van der Waals surface area contributed by atoms with Gasteiger partial charge in [-0.1, -0.05) is 42.6 Å². The van der Waals surface area contributed by atoms with E-state index < -0.39 is 6.10 Å². The first-order valence-corrected chi connectivity index (χ1v) is 8.53. The lowest BCUT2D eigenvalue weighted by Gasteiger charge is -2.42. The van der Waals surface area contributed by atoms with Crippen molar-refractivity contribution < 1.29 is 5.11 Å². The maximum Gasteiger partial charge on any atom is 0.0782 e. The predicted octanol–water partition coefficient (Wildman–Crippen LogP) is 4.91. The molecule has 1 heterocycles. The molecular weight excluding hydrogens is 314 g/mol. The van der Waals surface area contributed by atoms with Crippen LogP contribution in [0.2, 0.25) is 0 Å². The van der Waals surface area contributed by atoms with Crippen LogP contribution in [0.1, 0.15) is 58.1 Å². The van der Waals surface area contributed by atoms with Crippen molar-refractivity contribution in [3.8, 4) is 0 Å². The van der Waals surface area contributed by atoms with Crippen LogP contribution in [0, 0.1) is 5.41 Å². The molecule has 1 saturated heterocycles. The van der Waals surface area contributed by atoms with Gasteiger partial charge in [-0.05, 0) is 43.4 Å². The average molecular weight is 340 g/mol. The molecule has 20 heavy (non-hydrogen) atoms. The number of hydrogen-bond acceptors (Lipinski definition) is 2. The van der Waals surface area contributed by atoms with E-state index >= 15 is 0 Å². The van der Waals surface area contributed by atoms with Crippen molar-refractivity contribution in [2.75, 3.05) is 18.0 Å². The quantitative estimate of drug-likeness (QED) is 0.842. The minimum absolute atomic E-state index is 0.425. The van der Waals surface area contributed by atoms with E-state index in [1.165, 1.54) is 31.4 Å². The molecule has 0 spiro atoms. The lowest BCUT2D eigenvalue weighted by Crippen LogP contribution is -2.40. The molecule has 1 N–H and O–H groups in total. The van der Waals surface area contributed by atoms with Crippen LogP contribution >= 0.6 is 15.9 Å². The molecule has 112 valence electrons. The molecule has 1 unspecified atom stereocenters. The molecular formula is C17H26BrNO. The van der Waals surface area contributed by atoms with Crippen LogP contribution in [0.3, 0.4) is 0 Å². The van der Waals surface area contributed by atoms with E-state index in [2.05, 4.69) is 46.8 Å². The van der Waals surface area contributed by atoms with Gasteiger partial charge in [0.05, 0.1) is 6.10 Å². The lowest BCUT2D eigenvalue weighted by atomic mass is 9.74. The Balaban J connectivity index is 2.18. The first-order valence-electron chi connectivity index (χ1n) is 7.74. The van der Waals surface area contributed by atoms with Gasteiger partial charge in [0, 0.05) is 28.8 Å². The molecule has 1 fully saturated rings. The average Bonchev–Trinajstić information content (AvgIpc) is 2.47. The molecule has 2 nitrogen and oxygen atoms in total. The van der Waals surface area contributed by atoms with Gasteiger partial charge >= 0.3 is 0 Å². The summed E-state index contributed by atoms with van der Waals surface area (Å²) in [6.45, 7) is 8.68. The van der Waals surface area contributed by atoms with Crippen molar-refractivity contribution in [1.29, 1.82) is 0 Å². The van der Waals surface area contributed by atoms with Crippen LogP contribution in [-0.2, 0) is 0 Å². The third-order valence-corrected chi connectivity index (χ3v) is 5.60.